The molecule has 3 aromatic heterocycles. The predicted molar refractivity (Wildman–Crippen MR) is 119 cm³/mol. The molecule has 31 heavy (non-hydrogen) atoms. The number of hydrogen-bond acceptors (Lipinski definition) is 4. The molecule has 0 amide bonds. The number of fused-ring (bicyclic) bond motifs is 4. The van der Waals surface area contributed by atoms with E-state index in [2.05, 4.69) is 55.6 Å². The van der Waals surface area contributed by atoms with Gasteiger partial charge in [0.2, 0.25) is 5.78 Å². The number of nitrogens with one attached hydrogen (secondary N) is 1. The van der Waals surface area contributed by atoms with Crippen LogP contribution in [-0.2, 0) is 19.5 Å². The van der Waals surface area contributed by atoms with Crippen LogP contribution in [0.4, 0.5) is 0 Å². The first-order chi connectivity index (χ1) is 15.2. The molecular formula is C24H22N6O. The lowest BCUT2D eigenvalue weighted by Gasteiger charge is -2.26. The summed E-state index contributed by atoms with van der Waals surface area (Å²) in [4.78, 5) is 27.7. The predicted octanol–water partition coefficient (Wildman–Crippen LogP) is 3.23. The number of aryl methyl sites for hydroxylation is 1. The van der Waals surface area contributed by atoms with Crippen LogP contribution in [0.15, 0.2) is 65.7 Å². The van der Waals surface area contributed by atoms with Gasteiger partial charge in [0, 0.05) is 49.2 Å². The second-order valence-corrected chi connectivity index (χ2v) is 8.20. The highest BCUT2D eigenvalue weighted by molar-refractivity contribution is 5.79. The molecule has 0 aliphatic carbocycles. The lowest BCUT2D eigenvalue weighted by Crippen LogP contribution is -2.31. The third-order valence-corrected chi connectivity index (χ3v) is 6.05. The van der Waals surface area contributed by atoms with Gasteiger partial charge in [-0.05, 0) is 31.2 Å². The average molecular weight is 410 g/mol. The first-order valence-electron chi connectivity index (χ1n) is 10.5. The summed E-state index contributed by atoms with van der Waals surface area (Å²) < 4.78 is 3.83. The molecule has 1 aliphatic heterocycles. The lowest BCUT2D eigenvalue weighted by molar-refractivity contribution is 0.238. The standard InChI is InChI=1S/C24H22N6O/c1-16-6-8-18(9-7-16)29-15-25-20-14-28(11-10-21(20)29)13-17-12-23(31)30-22-5-3-2-4-19(22)27-24(30)26-17/h2-9,12,15H,10-11,13-14H2,1H3,(H,26,27). The van der Waals surface area contributed by atoms with Crippen LogP contribution in [0.1, 0.15) is 22.6 Å². The Labute approximate surface area is 178 Å². The van der Waals surface area contributed by atoms with Crippen molar-refractivity contribution in [2.75, 3.05) is 6.54 Å². The molecule has 7 nitrogen and oxygen atoms in total. The van der Waals surface area contributed by atoms with Crippen molar-refractivity contribution in [3.8, 4) is 5.69 Å². The van der Waals surface area contributed by atoms with Crippen molar-refractivity contribution in [1.29, 1.82) is 0 Å². The summed E-state index contributed by atoms with van der Waals surface area (Å²) in [6, 6.07) is 17.9. The van der Waals surface area contributed by atoms with Gasteiger partial charge in [-0.25, -0.2) is 14.4 Å². The van der Waals surface area contributed by atoms with E-state index in [1.165, 1.54) is 11.3 Å². The highest BCUT2D eigenvalue weighted by atomic mass is 16.1. The van der Waals surface area contributed by atoms with E-state index in [1.54, 1.807) is 10.5 Å². The molecular weight excluding hydrogens is 388 g/mol. The van der Waals surface area contributed by atoms with Gasteiger partial charge in [0.25, 0.3) is 5.56 Å². The van der Waals surface area contributed by atoms with Gasteiger partial charge < -0.3 is 9.55 Å². The zero-order valence-corrected chi connectivity index (χ0v) is 17.2. The number of benzene rings is 2. The first kappa shape index (κ1) is 18.1. The average Bonchev–Trinajstić information content (AvgIpc) is 3.35. The summed E-state index contributed by atoms with van der Waals surface area (Å²) in [5, 5.41) is 0. The molecule has 0 saturated heterocycles. The number of rotatable bonds is 3. The van der Waals surface area contributed by atoms with Gasteiger partial charge in [0.1, 0.15) is 0 Å². The van der Waals surface area contributed by atoms with E-state index in [9.17, 15) is 4.79 Å². The molecule has 154 valence electrons. The van der Waals surface area contributed by atoms with Gasteiger partial charge in [0.15, 0.2) is 0 Å². The molecule has 0 unspecified atom stereocenters. The summed E-state index contributed by atoms with van der Waals surface area (Å²) in [6.07, 6.45) is 2.84. The minimum Gasteiger partial charge on any atom is -0.327 e. The Morgan fingerprint density at radius 2 is 1.94 bits per heavy atom. The molecule has 4 heterocycles. The molecule has 2 aromatic carbocycles. The number of H-pyrrole nitrogens is 1. The first-order valence-corrected chi connectivity index (χ1v) is 10.5. The van der Waals surface area contributed by atoms with E-state index in [0.717, 1.165) is 47.6 Å². The maximum atomic E-state index is 12.8. The van der Waals surface area contributed by atoms with Crippen LogP contribution in [0.5, 0.6) is 0 Å². The Balaban J connectivity index is 1.27. The second kappa shape index (κ2) is 6.92. The van der Waals surface area contributed by atoms with Crippen molar-refractivity contribution in [2.24, 2.45) is 0 Å². The zero-order valence-electron chi connectivity index (χ0n) is 17.2. The second-order valence-electron chi connectivity index (χ2n) is 8.20. The van der Waals surface area contributed by atoms with Crippen molar-refractivity contribution in [2.45, 2.75) is 26.4 Å². The number of imidazole rings is 2. The minimum absolute atomic E-state index is 0.0567. The molecule has 0 bridgehead atoms. The molecule has 0 radical (unpaired) electrons. The maximum absolute atomic E-state index is 12.8. The summed E-state index contributed by atoms with van der Waals surface area (Å²) in [6.45, 7) is 4.43. The van der Waals surface area contributed by atoms with E-state index < -0.39 is 0 Å². The summed E-state index contributed by atoms with van der Waals surface area (Å²) in [5.74, 6) is 0.588. The smallest absolute Gasteiger partial charge is 0.259 e. The molecule has 7 heteroatoms. The third-order valence-electron chi connectivity index (χ3n) is 6.05. The van der Waals surface area contributed by atoms with Gasteiger partial charge in [0.05, 0.1) is 23.1 Å². The normalized spacial score (nSPS) is 14.4. The Kier molecular flexibility index (Phi) is 4.04. The molecule has 0 saturated carbocycles. The Morgan fingerprint density at radius 1 is 1.10 bits per heavy atom. The Morgan fingerprint density at radius 3 is 2.81 bits per heavy atom. The van der Waals surface area contributed by atoms with Crippen LogP contribution in [-0.4, -0.2) is 35.4 Å². The van der Waals surface area contributed by atoms with E-state index in [-0.39, 0.29) is 5.56 Å². The van der Waals surface area contributed by atoms with Gasteiger partial charge >= 0.3 is 0 Å². The molecule has 0 spiro atoms. The van der Waals surface area contributed by atoms with Crippen molar-refractivity contribution >= 4 is 16.8 Å². The Bertz CT molecular complexity index is 1470. The van der Waals surface area contributed by atoms with Crippen molar-refractivity contribution in [3.05, 3.63) is 93.9 Å². The van der Waals surface area contributed by atoms with Gasteiger partial charge in [-0.3, -0.25) is 9.69 Å². The number of hydrogen-bond donors (Lipinski definition) is 1. The van der Waals surface area contributed by atoms with Crippen molar-refractivity contribution in [3.63, 3.8) is 0 Å². The molecule has 0 fully saturated rings. The highest BCUT2D eigenvalue weighted by Crippen LogP contribution is 2.23. The fraction of sp³-hybridized carbons (Fsp3) is 0.208. The van der Waals surface area contributed by atoms with E-state index in [0.29, 0.717) is 12.3 Å². The van der Waals surface area contributed by atoms with Crippen LogP contribution < -0.4 is 5.56 Å². The monoisotopic (exact) mass is 410 g/mol. The summed E-state index contributed by atoms with van der Waals surface area (Å²) in [7, 11) is 0. The fourth-order valence-corrected chi connectivity index (χ4v) is 4.48. The maximum Gasteiger partial charge on any atom is 0.259 e. The van der Waals surface area contributed by atoms with Gasteiger partial charge in [-0.1, -0.05) is 29.8 Å². The molecule has 0 atom stereocenters. The van der Waals surface area contributed by atoms with Gasteiger partial charge in [-0.2, -0.15) is 0 Å². The fourth-order valence-electron chi connectivity index (χ4n) is 4.48. The molecule has 5 aromatic rings. The molecule has 1 N–H and O–H groups in total. The van der Waals surface area contributed by atoms with Crippen LogP contribution >= 0.6 is 0 Å². The quantitative estimate of drug-likeness (QED) is 0.496. The largest absolute Gasteiger partial charge is 0.327 e. The van der Waals surface area contributed by atoms with E-state index in [1.807, 2.05) is 30.6 Å². The SMILES string of the molecule is Cc1ccc(-n2cnc3c2CCN(Cc2cc(=O)n4c(nc5ccccc54)[nH]2)C3)cc1. The number of aromatic amines is 1. The molecule has 6 rings (SSSR count). The van der Waals surface area contributed by atoms with E-state index >= 15 is 0 Å². The Hall–Kier alpha value is -3.71. The lowest BCUT2D eigenvalue weighted by atomic mass is 10.1. The van der Waals surface area contributed by atoms with Crippen LogP contribution in [0, 0.1) is 6.92 Å². The molecule has 1 aliphatic rings. The highest BCUT2D eigenvalue weighted by Gasteiger charge is 2.22. The number of aromatic nitrogens is 5. The van der Waals surface area contributed by atoms with Gasteiger partial charge in [-0.15, -0.1) is 0 Å². The number of nitrogens with zero attached hydrogens (tertiary/aromatic N) is 5. The van der Waals surface area contributed by atoms with Crippen LogP contribution in [0.25, 0.3) is 22.5 Å². The van der Waals surface area contributed by atoms with Crippen molar-refractivity contribution in [1.82, 2.24) is 28.8 Å². The van der Waals surface area contributed by atoms with Crippen LogP contribution in [0.3, 0.4) is 0 Å². The van der Waals surface area contributed by atoms with Crippen LogP contribution in [0.2, 0.25) is 0 Å². The van der Waals surface area contributed by atoms with E-state index in [4.69, 9.17) is 0 Å². The number of para-hydroxylation sites is 2. The third kappa shape index (κ3) is 3.05. The zero-order chi connectivity index (χ0) is 20.9. The minimum atomic E-state index is -0.0567. The van der Waals surface area contributed by atoms with Crippen molar-refractivity contribution < 1.29 is 0 Å². The summed E-state index contributed by atoms with van der Waals surface area (Å²) in [5.41, 5.74) is 7.22. The topological polar surface area (TPSA) is 71.2 Å². The summed E-state index contributed by atoms with van der Waals surface area (Å²) >= 11 is 0.